The van der Waals surface area contributed by atoms with Gasteiger partial charge in [0.05, 0.1) is 0 Å². The van der Waals surface area contributed by atoms with E-state index in [9.17, 15) is 14.4 Å². The number of piperidine rings is 1. The molecule has 1 aromatic rings. The van der Waals surface area contributed by atoms with Crippen LogP contribution in [0.15, 0.2) is 23.1 Å². The standard InChI is InChI=1S/C26H34N2O3S/c1-16-10-17-12-18(11-16)14-26(2,13-17)8-9-32-22-5-3-4-19-20(22)15-28(25(19)31)21-6-7-23(29)27-24(21)30/h3-5,16-18,21H,6-15H2,1-2H3,(H,27,29,30). The number of amides is 3. The van der Waals surface area contributed by atoms with E-state index in [0.717, 1.165) is 29.1 Å². The fraction of sp³-hybridized carbons (Fsp3) is 0.654. The van der Waals surface area contributed by atoms with Crippen molar-refractivity contribution in [3.63, 3.8) is 0 Å². The van der Waals surface area contributed by atoms with E-state index in [1.807, 2.05) is 23.9 Å². The van der Waals surface area contributed by atoms with Crippen LogP contribution >= 0.6 is 11.8 Å². The van der Waals surface area contributed by atoms with Gasteiger partial charge in [-0.2, -0.15) is 0 Å². The van der Waals surface area contributed by atoms with Gasteiger partial charge in [0.25, 0.3) is 5.91 Å². The fourth-order valence-corrected chi connectivity index (χ4v) is 8.35. The van der Waals surface area contributed by atoms with Crippen molar-refractivity contribution in [1.29, 1.82) is 0 Å². The fourth-order valence-electron chi connectivity index (χ4n) is 7.01. The molecule has 2 aliphatic carbocycles. The van der Waals surface area contributed by atoms with Crippen LogP contribution in [0.2, 0.25) is 0 Å². The predicted octanol–water partition coefficient (Wildman–Crippen LogP) is 4.78. The molecule has 1 N–H and O–H groups in total. The van der Waals surface area contributed by atoms with Gasteiger partial charge in [0.1, 0.15) is 6.04 Å². The Balaban J connectivity index is 1.23. The maximum Gasteiger partial charge on any atom is 0.255 e. The first kappa shape index (κ1) is 22.0. The molecule has 0 radical (unpaired) electrons. The van der Waals surface area contributed by atoms with Crippen LogP contribution in [0, 0.1) is 23.2 Å². The molecular weight excluding hydrogens is 420 g/mol. The van der Waals surface area contributed by atoms with Gasteiger partial charge in [-0.25, -0.2) is 0 Å². The zero-order chi connectivity index (χ0) is 22.5. The number of benzene rings is 1. The van der Waals surface area contributed by atoms with E-state index in [1.165, 1.54) is 43.4 Å². The molecular formula is C26H34N2O3S. The Labute approximate surface area is 195 Å². The molecule has 2 saturated carbocycles. The van der Waals surface area contributed by atoms with Crippen molar-refractivity contribution in [2.45, 2.75) is 82.7 Å². The van der Waals surface area contributed by atoms with E-state index < -0.39 is 6.04 Å². The molecule has 2 heterocycles. The Hall–Kier alpha value is -1.82. The summed E-state index contributed by atoms with van der Waals surface area (Å²) in [6.45, 7) is 5.38. The molecule has 5 nitrogen and oxygen atoms in total. The summed E-state index contributed by atoms with van der Waals surface area (Å²) in [5.74, 6) is 3.10. The summed E-state index contributed by atoms with van der Waals surface area (Å²) in [6.07, 6.45) is 8.90. The third-order valence-corrected chi connectivity index (χ3v) is 9.31. The molecule has 172 valence electrons. The molecule has 3 fully saturated rings. The van der Waals surface area contributed by atoms with Crippen molar-refractivity contribution in [3.8, 4) is 0 Å². The van der Waals surface area contributed by atoms with Crippen LogP contribution in [0.5, 0.6) is 0 Å². The maximum absolute atomic E-state index is 13.0. The van der Waals surface area contributed by atoms with Crippen molar-refractivity contribution in [2.75, 3.05) is 5.75 Å². The normalized spacial score (nSPS) is 34.4. The molecule has 3 amide bonds. The van der Waals surface area contributed by atoms with Gasteiger partial charge in [-0.1, -0.05) is 19.9 Å². The lowest BCUT2D eigenvalue weighted by Crippen LogP contribution is -2.52. The molecule has 0 spiro atoms. The van der Waals surface area contributed by atoms with E-state index >= 15 is 0 Å². The van der Waals surface area contributed by atoms with Crippen molar-refractivity contribution in [1.82, 2.24) is 10.2 Å². The van der Waals surface area contributed by atoms with Gasteiger partial charge in [-0.15, -0.1) is 11.8 Å². The van der Waals surface area contributed by atoms with Crippen LogP contribution in [0.25, 0.3) is 0 Å². The van der Waals surface area contributed by atoms with Crippen LogP contribution < -0.4 is 5.32 Å². The lowest BCUT2D eigenvalue weighted by molar-refractivity contribution is -0.136. The molecule has 2 aliphatic heterocycles. The highest BCUT2D eigenvalue weighted by Crippen LogP contribution is 2.52. The average Bonchev–Trinajstić information content (AvgIpc) is 3.04. The van der Waals surface area contributed by atoms with Gasteiger partial charge in [-0.3, -0.25) is 19.7 Å². The largest absolute Gasteiger partial charge is 0.322 e. The van der Waals surface area contributed by atoms with E-state index in [0.29, 0.717) is 23.9 Å². The molecule has 5 rings (SSSR count). The number of imide groups is 1. The monoisotopic (exact) mass is 454 g/mol. The van der Waals surface area contributed by atoms with E-state index in [1.54, 1.807) is 4.90 Å². The highest BCUT2D eigenvalue weighted by Gasteiger charge is 2.41. The van der Waals surface area contributed by atoms with Crippen LogP contribution in [-0.2, 0) is 16.1 Å². The Kier molecular flexibility index (Phi) is 5.85. The second-order valence-corrected chi connectivity index (χ2v) is 12.2. The minimum Gasteiger partial charge on any atom is -0.322 e. The summed E-state index contributed by atoms with van der Waals surface area (Å²) in [5, 5.41) is 2.39. The zero-order valence-corrected chi connectivity index (χ0v) is 20.0. The van der Waals surface area contributed by atoms with E-state index in [4.69, 9.17) is 0 Å². The maximum atomic E-state index is 13.0. The number of fused-ring (bicyclic) bond motifs is 3. The molecule has 4 aliphatic rings. The van der Waals surface area contributed by atoms with Gasteiger partial charge in [-0.05, 0) is 91.6 Å². The number of rotatable bonds is 5. The van der Waals surface area contributed by atoms with E-state index in [2.05, 4.69) is 25.2 Å². The Morgan fingerprint density at radius 3 is 2.59 bits per heavy atom. The van der Waals surface area contributed by atoms with Crippen molar-refractivity contribution < 1.29 is 14.4 Å². The summed E-state index contributed by atoms with van der Waals surface area (Å²) < 4.78 is 0. The SMILES string of the molecule is CC1CC2CC(C1)CC(C)(CCSc1cccc3c1CN(C1CCC(=O)NC1=O)C3=O)C2. The number of thioether (sulfide) groups is 1. The molecule has 3 atom stereocenters. The molecule has 1 saturated heterocycles. The zero-order valence-electron chi connectivity index (χ0n) is 19.2. The molecule has 1 aromatic carbocycles. The van der Waals surface area contributed by atoms with Crippen LogP contribution in [0.1, 0.15) is 81.1 Å². The number of nitrogens with zero attached hydrogens (tertiary/aromatic N) is 1. The Morgan fingerprint density at radius 1 is 1.12 bits per heavy atom. The highest BCUT2D eigenvalue weighted by molar-refractivity contribution is 7.99. The quantitative estimate of drug-likeness (QED) is 0.513. The first-order valence-electron chi connectivity index (χ1n) is 12.2. The summed E-state index contributed by atoms with van der Waals surface area (Å²) in [7, 11) is 0. The Bertz CT molecular complexity index is 927. The third-order valence-electron chi connectivity index (χ3n) is 8.20. The van der Waals surface area contributed by atoms with Gasteiger partial charge in [0.2, 0.25) is 11.8 Å². The number of hydrogen-bond acceptors (Lipinski definition) is 4. The first-order valence-corrected chi connectivity index (χ1v) is 13.2. The van der Waals surface area contributed by atoms with Crippen LogP contribution in [0.3, 0.4) is 0 Å². The van der Waals surface area contributed by atoms with E-state index in [-0.39, 0.29) is 24.1 Å². The lowest BCUT2D eigenvalue weighted by atomic mass is 9.59. The summed E-state index contributed by atoms with van der Waals surface area (Å²) in [6, 6.07) is 5.40. The second-order valence-electron chi connectivity index (χ2n) is 11.0. The highest BCUT2D eigenvalue weighted by atomic mass is 32.2. The van der Waals surface area contributed by atoms with Crippen molar-refractivity contribution in [3.05, 3.63) is 29.3 Å². The molecule has 0 aromatic heterocycles. The number of hydrogen-bond donors (Lipinski definition) is 1. The van der Waals surface area contributed by atoms with Gasteiger partial charge < -0.3 is 4.90 Å². The molecule has 6 heteroatoms. The summed E-state index contributed by atoms with van der Waals surface area (Å²) >= 11 is 1.86. The summed E-state index contributed by atoms with van der Waals surface area (Å²) in [5.41, 5.74) is 2.20. The third kappa shape index (κ3) is 4.23. The minimum atomic E-state index is -0.548. The topological polar surface area (TPSA) is 66.5 Å². The summed E-state index contributed by atoms with van der Waals surface area (Å²) in [4.78, 5) is 39.7. The lowest BCUT2D eigenvalue weighted by Gasteiger charge is -2.47. The van der Waals surface area contributed by atoms with Crippen LogP contribution in [0.4, 0.5) is 0 Å². The second kappa shape index (κ2) is 8.51. The number of nitrogens with one attached hydrogen (secondary N) is 1. The minimum absolute atomic E-state index is 0.0851. The molecule has 2 bridgehead atoms. The smallest absolute Gasteiger partial charge is 0.255 e. The molecule has 3 unspecified atom stereocenters. The predicted molar refractivity (Wildman–Crippen MR) is 125 cm³/mol. The molecule has 32 heavy (non-hydrogen) atoms. The van der Waals surface area contributed by atoms with Crippen molar-refractivity contribution in [2.24, 2.45) is 23.2 Å². The number of carbonyl (C=O) groups excluding carboxylic acids is 3. The Morgan fingerprint density at radius 2 is 1.88 bits per heavy atom. The van der Waals surface area contributed by atoms with Crippen LogP contribution in [-0.4, -0.2) is 34.4 Å². The number of carbonyl (C=O) groups is 3. The van der Waals surface area contributed by atoms with Gasteiger partial charge in [0.15, 0.2) is 0 Å². The van der Waals surface area contributed by atoms with Crippen molar-refractivity contribution >= 4 is 29.5 Å². The average molecular weight is 455 g/mol. The van der Waals surface area contributed by atoms with Gasteiger partial charge in [0, 0.05) is 23.4 Å². The first-order chi connectivity index (χ1) is 15.3. The van der Waals surface area contributed by atoms with Gasteiger partial charge >= 0.3 is 0 Å².